The van der Waals surface area contributed by atoms with Crippen LogP contribution in [-0.4, -0.2) is 33.8 Å². The van der Waals surface area contributed by atoms with Gasteiger partial charge >= 0.3 is 0 Å². The summed E-state index contributed by atoms with van der Waals surface area (Å²) in [7, 11) is 0. The molecule has 3 N–H and O–H groups in total. The number of nitrogens with zero attached hydrogens (tertiary/aromatic N) is 1. The second-order valence-corrected chi connectivity index (χ2v) is 4.18. The Morgan fingerprint density at radius 3 is 2.76 bits per heavy atom. The number of rotatable bonds is 4. The van der Waals surface area contributed by atoms with Crippen LogP contribution in [0.2, 0.25) is 5.15 Å². The van der Waals surface area contributed by atoms with Crippen molar-refractivity contribution < 1.29 is 15.0 Å². The third-order valence-corrected chi connectivity index (χ3v) is 2.70. The van der Waals surface area contributed by atoms with Gasteiger partial charge in [0.1, 0.15) is 17.4 Å². The number of halogens is 1. The molecular formula is C11H15ClN2O3. The van der Waals surface area contributed by atoms with Crippen molar-refractivity contribution in [3.8, 4) is 0 Å². The van der Waals surface area contributed by atoms with Crippen molar-refractivity contribution in [2.75, 3.05) is 6.54 Å². The molecule has 0 aromatic carbocycles. The molecule has 6 heteroatoms. The highest BCUT2D eigenvalue weighted by Gasteiger charge is 2.19. The number of aromatic nitrogens is 1. The van der Waals surface area contributed by atoms with Gasteiger partial charge in [0.05, 0.1) is 0 Å². The summed E-state index contributed by atoms with van der Waals surface area (Å²) in [6.45, 7) is 3.08. The first kappa shape index (κ1) is 13.9. The van der Waals surface area contributed by atoms with Crippen molar-refractivity contribution in [3.05, 3.63) is 28.5 Å². The number of aliphatic hydroxyl groups excluding tert-OH is 2. The van der Waals surface area contributed by atoms with E-state index in [4.69, 9.17) is 11.6 Å². The van der Waals surface area contributed by atoms with Gasteiger partial charge < -0.3 is 15.5 Å². The average Bonchev–Trinajstić information content (AvgIpc) is 2.28. The van der Waals surface area contributed by atoms with Crippen LogP contribution >= 0.6 is 11.6 Å². The second-order valence-electron chi connectivity index (χ2n) is 3.83. The van der Waals surface area contributed by atoms with Crippen molar-refractivity contribution in [1.29, 1.82) is 0 Å². The molecule has 0 radical (unpaired) electrons. The molecule has 1 aromatic heterocycles. The van der Waals surface area contributed by atoms with Gasteiger partial charge in [0.15, 0.2) is 0 Å². The molecule has 1 heterocycles. The summed E-state index contributed by atoms with van der Waals surface area (Å²) >= 11 is 5.76. The average molecular weight is 259 g/mol. The fraction of sp³-hybridized carbons (Fsp3) is 0.455. The van der Waals surface area contributed by atoms with Crippen LogP contribution in [0.3, 0.4) is 0 Å². The number of hydrogen-bond acceptors (Lipinski definition) is 4. The Balaban J connectivity index is 2.70. The summed E-state index contributed by atoms with van der Waals surface area (Å²) in [6.07, 6.45) is -0.789. The van der Waals surface area contributed by atoms with E-state index in [-0.39, 0.29) is 12.5 Å². The van der Waals surface area contributed by atoms with Crippen molar-refractivity contribution in [2.24, 2.45) is 0 Å². The Labute approximate surface area is 104 Å². The van der Waals surface area contributed by atoms with Crippen molar-refractivity contribution in [2.45, 2.75) is 26.1 Å². The van der Waals surface area contributed by atoms with E-state index in [2.05, 4.69) is 10.3 Å². The van der Waals surface area contributed by atoms with Crippen LogP contribution in [0.1, 0.15) is 24.2 Å². The van der Waals surface area contributed by atoms with Gasteiger partial charge in [0.25, 0.3) is 0 Å². The number of carbonyl (C=O) groups excluding carboxylic acids is 1. The lowest BCUT2D eigenvalue weighted by Gasteiger charge is -2.18. The van der Waals surface area contributed by atoms with Gasteiger partial charge in [-0.1, -0.05) is 11.6 Å². The zero-order valence-corrected chi connectivity index (χ0v) is 10.4. The molecule has 0 saturated heterocycles. The van der Waals surface area contributed by atoms with E-state index in [0.29, 0.717) is 10.7 Å². The van der Waals surface area contributed by atoms with Crippen molar-refractivity contribution in [3.63, 3.8) is 0 Å². The molecule has 2 atom stereocenters. The first-order chi connectivity index (χ1) is 7.91. The van der Waals surface area contributed by atoms with Gasteiger partial charge in [-0.25, -0.2) is 4.98 Å². The third-order valence-electron chi connectivity index (χ3n) is 2.30. The number of amides is 1. The van der Waals surface area contributed by atoms with Crippen molar-refractivity contribution >= 4 is 17.5 Å². The van der Waals surface area contributed by atoms with E-state index in [9.17, 15) is 15.0 Å². The number of nitrogens with one attached hydrogen (secondary N) is 1. The molecule has 1 aromatic rings. The van der Waals surface area contributed by atoms with Crippen LogP contribution in [0, 0.1) is 6.92 Å². The highest BCUT2D eigenvalue weighted by atomic mass is 35.5. The van der Waals surface area contributed by atoms with Crippen LogP contribution in [0.15, 0.2) is 12.3 Å². The Hall–Kier alpha value is -1.17. The lowest BCUT2D eigenvalue weighted by atomic mass is 10.1. The lowest BCUT2D eigenvalue weighted by molar-refractivity contribution is -0.119. The highest BCUT2D eigenvalue weighted by Crippen LogP contribution is 2.20. The maximum Gasteiger partial charge on any atom is 0.216 e. The molecule has 0 spiro atoms. The maximum absolute atomic E-state index is 10.7. The van der Waals surface area contributed by atoms with Gasteiger partial charge in [-0.05, 0) is 18.6 Å². The minimum absolute atomic E-state index is 0.0157. The fourth-order valence-electron chi connectivity index (χ4n) is 1.32. The second kappa shape index (κ2) is 5.95. The Kier molecular flexibility index (Phi) is 4.86. The van der Waals surface area contributed by atoms with Crippen LogP contribution in [0.4, 0.5) is 0 Å². The van der Waals surface area contributed by atoms with Crippen LogP contribution in [0.25, 0.3) is 0 Å². The predicted octanol–water partition coefficient (Wildman–Crippen LogP) is 0.574. The summed E-state index contributed by atoms with van der Waals surface area (Å²) < 4.78 is 0. The predicted molar refractivity (Wildman–Crippen MR) is 63.6 cm³/mol. The molecule has 17 heavy (non-hydrogen) atoms. The zero-order valence-electron chi connectivity index (χ0n) is 9.64. The van der Waals surface area contributed by atoms with E-state index in [1.54, 1.807) is 13.0 Å². The SMILES string of the molecule is CC(=O)NCC(O)C(O)c1cnc(Cl)c(C)c1. The molecule has 0 aliphatic rings. The molecule has 0 aliphatic carbocycles. The Bertz CT molecular complexity index is 412. The van der Waals surface area contributed by atoms with E-state index in [0.717, 1.165) is 5.56 Å². The van der Waals surface area contributed by atoms with E-state index < -0.39 is 12.2 Å². The van der Waals surface area contributed by atoms with Gasteiger partial charge in [0.2, 0.25) is 5.91 Å². The number of aryl methyl sites for hydroxylation is 1. The number of carbonyl (C=O) groups is 1. The first-order valence-corrected chi connectivity index (χ1v) is 5.52. The molecular weight excluding hydrogens is 244 g/mol. The minimum atomic E-state index is -1.11. The van der Waals surface area contributed by atoms with Crippen LogP contribution < -0.4 is 5.32 Å². The smallest absolute Gasteiger partial charge is 0.216 e. The number of pyridine rings is 1. The first-order valence-electron chi connectivity index (χ1n) is 5.14. The van der Waals surface area contributed by atoms with Gasteiger partial charge in [-0.3, -0.25) is 4.79 Å². The van der Waals surface area contributed by atoms with Crippen LogP contribution in [0.5, 0.6) is 0 Å². The lowest BCUT2D eigenvalue weighted by Crippen LogP contribution is -2.34. The molecule has 0 aliphatic heterocycles. The molecule has 0 fully saturated rings. The van der Waals surface area contributed by atoms with Gasteiger partial charge in [-0.15, -0.1) is 0 Å². The molecule has 0 saturated carbocycles. The molecule has 1 amide bonds. The quantitative estimate of drug-likeness (QED) is 0.690. The highest BCUT2D eigenvalue weighted by molar-refractivity contribution is 6.30. The van der Waals surface area contributed by atoms with Crippen molar-refractivity contribution in [1.82, 2.24) is 10.3 Å². The Morgan fingerprint density at radius 2 is 2.24 bits per heavy atom. The molecule has 1 rings (SSSR count). The summed E-state index contributed by atoms with van der Waals surface area (Å²) in [6, 6.07) is 1.65. The number of hydrogen-bond donors (Lipinski definition) is 3. The fourth-order valence-corrected chi connectivity index (χ4v) is 1.43. The van der Waals surface area contributed by atoms with Gasteiger partial charge in [0, 0.05) is 25.2 Å². The summed E-state index contributed by atoms with van der Waals surface area (Å²) in [5.74, 6) is -0.262. The zero-order chi connectivity index (χ0) is 13.0. The molecule has 94 valence electrons. The Morgan fingerprint density at radius 1 is 1.59 bits per heavy atom. The van der Waals surface area contributed by atoms with E-state index >= 15 is 0 Å². The van der Waals surface area contributed by atoms with Crippen LogP contribution in [-0.2, 0) is 4.79 Å². The summed E-state index contributed by atoms with van der Waals surface area (Å²) in [5.41, 5.74) is 1.18. The standard InChI is InChI=1S/C11H15ClN2O3/c1-6-3-8(4-14-11(6)12)10(17)9(16)5-13-7(2)15/h3-4,9-10,16-17H,5H2,1-2H3,(H,13,15). The normalized spacial score (nSPS) is 14.2. The minimum Gasteiger partial charge on any atom is -0.388 e. The molecule has 5 nitrogen and oxygen atoms in total. The molecule has 0 bridgehead atoms. The van der Waals surface area contributed by atoms with E-state index in [1.807, 2.05) is 0 Å². The maximum atomic E-state index is 10.7. The molecule has 2 unspecified atom stereocenters. The largest absolute Gasteiger partial charge is 0.388 e. The number of aliphatic hydroxyl groups is 2. The van der Waals surface area contributed by atoms with Gasteiger partial charge in [-0.2, -0.15) is 0 Å². The summed E-state index contributed by atoms with van der Waals surface area (Å²) in [5, 5.41) is 22.3. The van der Waals surface area contributed by atoms with E-state index in [1.165, 1.54) is 13.1 Å². The topological polar surface area (TPSA) is 82.5 Å². The summed E-state index contributed by atoms with van der Waals surface area (Å²) in [4.78, 5) is 14.6. The third kappa shape index (κ3) is 3.96. The monoisotopic (exact) mass is 258 g/mol.